The Hall–Kier alpha value is -2.87. The van der Waals surface area contributed by atoms with Gasteiger partial charge in [0.15, 0.2) is 4.32 Å². The van der Waals surface area contributed by atoms with Crippen molar-refractivity contribution in [3.8, 4) is 11.3 Å². The first kappa shape index (κ1) is 20.4. The third kappa shape index (κ3) is 3.92. The summed E-state index contributed by atoms with van der Waals surface area (Å²) < 4.78 is 11.0. The SMILES string of the molecule is COC(=O)c1ccccc1N1C(=O)/C(=C\c2ccc(-c3cccc(Cl)c3)o2)SC1=S. The minimum Gasteiger partial charge on any atom is -0.465 e. The topological polar surface area (TPSA) is 59.8 Å². The highest BCUT2D eigenvalue weighted by Crippen LogP contribution is 2.38. The van der Waals surface area contributed by atoms with Crippen molar-refractivity contribution < 1.29 is 18.7 Å². The number of nitrogens with zero attached hydrogens (tertiary/aromatic N) is 1. The summed E-state index contributed by atoms with van der Waals surface area (Å²) in [5.41, 5.74) is 1.48. The zero-order chi connectivity index (χ0) is 21.3. The number of carbonyl (C=O) groups excluding carboxylic acids is 2. The van der Waals surface area contributed by atoms with Crippen LogP contribution in [0.15, 0.2) is 70.0 Å². The fourth-order valence-corrected chi connectivity index (χ4v) is 4.44. The van der Waals surface area contributed by atoms with Crippen molar-refractivity contribution in [2.45, 2.75) is 0 Å². The molecule has 2 aromatic carbocycles. The van der Waals surface area contributed by atoms with Gasteiger partial charge in [0, 0.05) is 16.7 Å². The van der Waals surface area contributed by atoms with Crippen molar-refractivity contribution in [1.82, 2.24) is 0 Å². The fourth-order valence-electron chi connectivity index (χ4n) is 2.98. The molecule has 1 aliphatic heterocycles. The lowest BCUT2D eigenvalue weighted by atomic mass is 10.1. The van der Waals surface area contributed by atoms with Gasteiger partial charge in [-0.25, -0.2) is 4.79 Å². The third-order valence-corrected chi connectivity index (χ3v) is 5.89. The monoisotopic (exact) mass is 455 g/mol. The van der Waals surface area contributed by atoms with Gasteiger partial charge in [0.1, 0.15) is 11.5 Å². The van der Waals surface area contributed by atoms with Crippen molar-refractivity contribution in [3.05, 3.63) is 81.9 Å². The van der Waals surface area contributed by atoms with Crippen LogP contribution in [-0.4, -0.2) is 23.3 Å². The van der Waals surface area contributed by atoms with E-state index in [4.69, 9.17) is 33.0 Å². The van der Waals surface area contributed by atoms with E-state index in [0.717, 1.165) is 17.3 Å². The Morgan fingerprint density at radius 2 is 1.97 bits per heavy atom. The van der Waals surface area contributed by atoms with Gasteiger partial charge in [-0.1, -0.05) is 59.8 Å². The number of carbonyl (C=O) groups is 2. The number of hydrogen-bond acceptors (Lipinski definition) is 6. The van der Waals surface area contributed by atoms with Gasteiger partial charge >= 0.3 is 5.97 Å². The van der Waals surface area contributed by atoms with Crippen LogP contribution in [0.4, 0.5) is 5.69 Å². The van der Waals surface area contributed by atoms with E-state index in [-0.39, 0.29) is 11.5 Å². The molecule has 0 saturated carbocycles. The second-order valence-corrected chi connectivity index (χ2v) is 8.35. The number of benzene rings is 2. The highest BCUT2D eigenvalue weighted by atomic mass is 35.5. The number of thioether (sulfide) groups is 1. The Labute approximate surface area is 187 Å². The molecule has 1 aromatic heterocycles. The lowest BCUT2D eigenvalue weighted by Gasteiger charge is -2.17. The lowest BCUT2D eigenvalue weighted by Crippen LogP contribution is -2.29. The minimum atomic E-state index is -0.541. The number of halogens is 1. The average molecular weight is 456 g/mol. The number of ether oxygens (including phenoxy) is 1. The minimum absolute atomic E-state index is 0.263. The molecule has 0 aliphatic carbocycles. The van der Waals surface area contributed by atoms with Crippen molar-refractivity contribution in [2.75, 3.05) is 12.0 Å². The summed E-state index contributed by atoms with van der Waals surface area (Å²) in [6.07, 6.45) is 1.63. The Morgan fingerprint density at radius 3 is 2.73 bits per heavy atom. The molecule has 0 atom stereocenters. The highest BCUT2D eigenvalue weighted by Gasteiger charge is 2.35. The summed E-state index contributed by atoms with van der Waals surface area (Å²) in [4.78, 5) is 26.9. The van der Waals surface area contributed by atoms with Gasteiger partial charge < -0.3 is 9.15 Å². The molecule has 1 amide bonds. The van der Waals surface area contributed by atoms with E-state index >= 15 is 0 Å². The molecule has 0 bridgehead atoms. The Bertz CT molecular complexity index is 1200. The molecule has 150 valence electrons. The number of hydrogen-bond donors (Lipinski definition) is 0. The Balaban J connectivity index is 1.64. The Kier molecular flexibility index (Phi) is 5.76. The molecule has 1 fully saturated rings. The van der Waals surface area contributed by atoms with Crippen LogP contribution in [0.25, 0.3) is 17.4 Å². The normalized spacial score (nSPS) is 15.1. The standard InChI is InChI=1S/C22H14ClNO4S2/c1-27-21(26)16-7-2-3-8-17(16)24-20(25)19(30-22(24)29)12-15-9-10-18(28-15)13-5-4-6-14(23)11-13/h2-12H,1H3/b19-12+. The van der Waals surface area contributed by atoms with Crippen LogP contribution in [0.3, 0.4) is 0 Å². The first-order valence-corrected chi connectivity index (χ1v) is 10.4. The molecular formula is C22H14ClNO4S2. The summed E-state index contributed by atoms with van der Waals surface area (Å²) in [7, 11) is 1.29. The average Bonchev–Trinajstić information content (AvgIpc) is 3.32. The van der Waals surface area contributed by atoms with Gasteiger partial charge in [0.2, 0.25) is 0 Å². The smallest absolute Gasteiger partial charge is 0.339 e. The van der Waals surface area contributed by atoms with Gasteiger partial charge in [0.05, 0.1) is 23.3 Å². The summed E-state index contributed by atoms with van der Waals surface area (Å²) in [5.74, 6) is 0.268. The van der Waals surface area contributed by atoms with Crippen LogP contribution in [-0.2, 0) is 9.53 Å². The first-order chi connectivity index (χ1) is 14.5. The summed E-state index contributed by atoms with van der Waals surface area (Å²) in [5, 5.41) is 0.607. The predicted molar refractivity (Wildman–Crippen MR) is 123 cm³/mol. The molecule has 0 unspecified atom stereocenters. The van der Waals surface area contributed by atoms with E-state index in [1.807, 2.05) is 18.2 Å². The first-order valence-electron chi connectivity index (χ1n) is 8.79. The van der Waals surface area contributed by atoms with E-state index < -0.39 is 5.97 Å². The number of methoxy groups -OCH3 is 1. The second kappa shape index (κ2) is 8.47. The molecule has 30 heavy (non-hydrogen) atoms. The van der Waals surface area contributed by atoms with E-state index in [1.54, 1.807) is 48.5 Å². The van der Waals surface area contributed by atoms with Crippen molar-refractivity contribution >= 4 is 63.5 Å². The molecule has 8 heteroatoms. The maximum absolute atomic E-state index is 13.0. The number of anilines is 1. The number of amides is 1. The molecular weight excluding hydrogens is 442 g/mol. The molecule has 0 N–H and O–H groups in total. The maximum Gasteiger partial charge on any atom is 0.339 e. The van der Waals surface area contributed by atoms with Crippen LogP contribution >= 0.6 is 35.6 Å². The zero-order valence-electron chi connectivity index (χ0n) is 15.6. The van der Waals surface area contributed by atoms with Crippen LogP contribution in [0, 0.1) is 0 Å². The number of rotatable bonds is 4. The number of esters is 1. The molecule has 1 saturated heterocycles. The second-order valence-electron chi connectivity index (χ2n) is 6.24. The highest BCUT2D eigenvalue weighted by molar-refractivity contribution is 8.27. The largest absolute Gasteiger partial charge is 0.465 e. The molecule has 3 aromatic rings. The quantitative estimate of drug-likeness (QED) is 0.282. The van der Waals surface area contributed by atoms with E-state index in [0.29, 0.717) is 31.5 Å². The van der Waals surface area contributed by atoms with Crippen LogP contribution < -0.4 is 4.90 Å². The Morgan fingerprint density at radius 1 is 1.17 bits per heavy atom. The number of thiocarbonyl (C=S) groups is 1. The third-order valence-electron chi connectivity index (χ3n) is 4.35. The number of furan rings is 1. The summed E-state index contributed by atoms with van der Waals surface area (Å²) in [6, 6.07) is 17.6. The maximum atomic E-state index is 13.0. The molecule has 0 radical (unpaired) electrons. The molecule has 5 nitrogen and oxygen atoms in total. The molecule has 1 aliphatic rings. The van der Waals surface area contributed by atoms with Gasteiger partial charge in [-0.3, -0.25) is 9.69 Å². The van der Waals surface area contributed by atoms with E-state index in [9.17, 15) is 9.59 Å². The summed E-state index contributed by atoms with van der Waals surface area (Å²) >= 11 is 12.6. The van der Waals surface area contributed by atoms with Gasteiger partial charge in [-0.05, 0) is 36.4 Å². The van der Waals surface area contributed by atoms with Crippen LogP contribution in [0.5, 0.6) is 0 Å². The molecule has 2 heterocycles. The lowest BCUT2D eigenvalue weighted by molar-refractivity contribution is -0.113. The zero-order valence-corrected chi connectivity index (χ0v) is 18.0. The van der Waals surface area contributed by atoms with Crippen molar-refractivity contribution in [3.63, 3.8) is 0 Å². The fraction of sp³-hybridized carbons (Fsp3) is 0.0455. The van der Waals surface area contributed by atoms with E-state index in [2.05, 4.69) is 0 Å². The van der Waals surface area contributed by atoms with Crippen molar-refractivity contribution in [2.24, 2.45) is 0 Å². The summed E-state index contributed by atoms with van der Waals surface area (Å²) in [6.45, 7) is 0. The molecule has 4 rings (SSSR count). The van der Waals surface area contributed by atoms with Gasteiger partial charge in [0.25, 0.3) is 5.91 Å². The predicted octanol–water partition coefficient (Wildman–Crippen LogP) is 5.79. The van der Waals surface area contributed by atoms with Gasteiger partial charge in [-0.2, -0.15) is 0 Å². The molecule has 0 spiro atoms. The van der Waals surface area contributed by atoms with Crippen molar-refractivity contribution in [1.29, 1.82) is 0 Å². The van der Waals surface area contributed by atoms with Crippen LogP contribution in [0.1, 0.15) is 16.1 Å². The van der Waals surface area contributed by atoms with Crippen LogP contribution in [0.2, 0.25) is 5.02 Å². The number of para-hydroxylation sites is 1. The van der Waals surface area contributed by atoms with E-state index in [1.165, 1.54) is 12.0 Å². The van der Waals surface area contributed by atoms with Gasteiger partial charge in [-0.15, -0.1) is 0 Å².